The number of pyridine rings is 1. The molecule has 9 nitrogen and oxygen atoms in total. The van der Waals surface area contributed by atoms with Gasteiger partial charge in [-0.2, -0.15) is 5.26 Å². The van der Waals surface area contributed by atoms with Gasteiger partial charge in [-0.15, -0.1) is 0 Å². The average Bonchev–Trinajstić information content (AvgIpc) is 3.28. The zero-order valence-electron chi connectivity index (χ0n) is 22.1. The van der Waals surface area contributed by atoms with Crippen molar-refractivity contribution in [3.8, 4) is 17.7 Å². The third-order valence-corrected chi connectivity index (χ3v) is 6.16. The first-order valence-electron chi connectivity index (χ1n) is 12.5. The normalized spacial score (nSPS) is 15.2. The Balaban J connectivity index is 1.53. The molecule has 1 fully saturated rings. The Hall–Kier alpha value is -3.90. The summed E-state index contributed by atoms with van der Waals surface area (Å²) in [6, 6.07) is 13.4. The number of hydrogen-bond acceptors (Lipinski definition) is 7. The number of aromatic amines is 1. The highest BCUT2D eigenvalue weighted by Crippen LogP contribution is 2.30. The Kier molecular flexibility index (Phi) is 7.79. The Morgan fingerprint density at radius 1 is 1.16 bits per heavy atom. The molecule has 0 aliphatic carbocycles. The quantitative estimate of drug-likeness (QED) is 0.510. The minimum Gasteiger partial charge on any atom is -0.444 e. The third kappa shape index (κ3) is 6.86. The van der Waals surface area contributed by atoms with Crippen molar-refractivity contribution >= 4 is 6.09 Å². The summed E-state index contributed by atoms with van der Waals surface area (Å²) in [5, 5.41) is 9.63. The second kappa shape index (κ2) is 11.0. The summed E-state index contributed by atoms with van der Waals surface area (Å²) in [4.78, 5) is 28.9. The monoisotopic (exact) mass is 502 g/mol. The van der Waals surface area contributed by atoms with Crippen LogP contribution < -0.4 is 4.74 Å². The number of carbonyl (C=O) groups excluding carboxylic acids is 1. The molecule has 2 aromatic heterocycles. The van der Waals surface area contributed by atoms with Crippen LogP contribution in [0.2, 0.25) is 0 Å². The number of hydrogen-bond donors (Lipinski definition) is 1. The third-order valence-electron chi connectivity index (χ3n) is 6.16. The molecule has 1 unspecified atom stereocenters. The molecule has 3 aromatic rings. The Morgan fingerprint density at radius 3 is 2.54 bits per heavy atom. The van der Waals surface area contributed by atoms with E-state index in [0.717, 1.165) is 22.8 Å². The van der Waals surface area contributed by atoms with Crippen LogP contribution >= 0.6 is 0 Å². The van der Waals surface area contributed by atoms with E-state index in [1.165, 1.54) is 0 Å². The lowest BCUT2D eigenvalue weighted by Crippen LogP contribution is -2.51. The van der Waals surface area contributed by atoms with Crippen LogP contribution in [0.5, 0.6) is 11.6 Å². The number of benzene rings is 1. The molecule has 1 aliphatic heterocycles. The molecule has 3 heterocycles. The molecule has 4 rings (SSSR count). The number of piperazine rings is 1. The Morgan fingerprint density at radius 2 is 1.92 bits per heavy atom. The van der Waals surface area contributed by atoms with Crippen LogP contribution in [0.4, 0.5) is 4.79 Å². The van der Waals surface area contributed by atoms with Gasteiger partial charge in [0.2, 0.25) is 5.88 Å². The van der Waals surface area contributed by atoms with E-state index in [1.807, 2.05) is 65.1 Å². The Bertz CT molecular complexity index is 1280. The standard InChI is InChI=1S/C28H34N6O3/c1-19-7-6-8-26(31-19)36-25-16-21(9-10-22(25)17-29)15-24(23-18-30-20(2)32-23)33-11-13-34(14-12-33)27(35)37-28(3,4)5/h6-10,16,18,24H,11-15H2,1-5H3,(H,30,32). The summed E-state index contributed by atoms with van der Waals surface area (Å²) < 4.78 is 11.6. The lowest BCUT2D eigenvalue weighted by molar-refractivity contribution is 0.00997. The van der Waals surface area contributed by atoms with Crippen molar-refractivity contribution in [2.24, 2.45) is 0 Å². The van der Waals surface area contributed by atoms with Gasteiger partial charge >= 0.3 is 6.09 Å². The van der Waals surface area contributed by atoms with Gasteiger partial charge in [0.1, 0.15) is 23.2 Å². The fraction of sp³-hybridized carbons (Fsp3) is 0.429. The maximum absolute atomic E-state index is 12.5. The van der Waals surface area contributed by atoms with Gasteiger partial charge in [-0.05, 0) is 64.8 Å². The molecule has 1 amide bonds. The molecule has 9 heteroatoms. The van der Waals surface area contributed by atoms with Gasteiger partial charge in [0, 0.05) is 44.1 Å². The molecule has 37 heavy (non-hydrogen) atoms. The highest BCUT2D eigenvalue weighted by atomic mass is 16.6. The van der Waals surface area contributed by atoms with E-state index >= 15 is 0 Å². The van der Waals surface area contributed by atoms with Gasteiger partial charge in [0.15, 0.2) is 0 Å². The minimum atomic E-state index is -0.520. The average molecular weight is 503 g/mol. The van der Waals surface area contributed by atoms with Gasteiger partial charge in [-0.25, -0.2) is 14.8 Å². The molecule has 194 valence electrons. The number of nitrogens with zero attached hydrogens (tertiary/aromatic N) is 5. The predicted octanol–water partition coefficient (Wildman–Crippen LogP) is 4.92. The zero-order valence-corrected chi connectivity index (χ0v) is 22.1. The number of nitrogens with one attached hydrogen (secondary N) is 1. The maximum Gasteiger partial charge on any atom is 0.410 e. The SMILES string of the molecule is Cc1cccc(Oc2cc(CC(c3cnc(C)[nH]3)N3CCN(C(=O)OC(C)(C)C)CC3)ccc2C#N)n1. The Labute approximate surface area is 218 Å². The number of aromatic nitrogens is 3. The van der Waals surface area contributed by atoms with Crippen LogP contribution in [-0.2, 0) is 11.2 Å². The molecule has 1 N–H and O–H groups in total. The van der Waals surface area contributed by atoms with Crippen molar-refractivity contribution < 1.29 is 14.3 Å². The van der Waals surface area contributed by atoms with Crippen molar-refractivity contribution in [2.45, 2.75) is 52.7 Å². The van der Waals surface area contributed by atoms with E-state index in [-0.39, 0.29) is 12.1 Å². The molecule has 0 radical (unpaired) electrons. The molecule has 1 atom stereocenters. The number of carbonyl (C=O) groups is 1. The van der Waals surface area contributed by atoms with Crippen molar-refractivity contribution in [2.75, 3.05) is 26.2 Å². The van der Waals surface area contributed by atoms with E-state index in [1.54, 1.807) is 17.0 Å². The number of nitriles is 1. The first kappa shape index (κ1) is 26.2. The fourth-order valence-electron chi connectivity index (χ4n) is 4.37. The number of imidazole rings is 1. The highest BCUT2D eigenvalue weighted by molar-refractivity contribution is 5.68. The van der Waals surface area contributed by atoms with E-state index in [2.05, 4.69) is 25.9 Å². The van der Waals surface area contributed by atoms with Gasteiger partial charge in [-0.3, -0.25) is 4.90 Å². The van der Waals surface area contributed by atoms with E-state index in [9.17, 15) is 10.1 Å². The largest absolute Gasteiger partial charge is 0.444 e. The van der Waals surface area contributed by atoms with Crippen LogP contribution in [0.3, 0.4) is 0 Å². The molecular formula is C28H34N6O3. The maximum atomic E-state index is 12.5. The summed E-state index contributed by atoms with van der Waals surface area (Å²) in [6.45, 7) is 12.0. The first-order chi connectivity index (χ1) is 17.6. The van der Waals surface area contributed by atoms with E-state index in [0.29, 0.717) is 49.8 Å². The van der Waals surface area contributed by atoms with E-state index < -0.39 is 5.60 Å². The summed E-state index contributed by atoms with van der Waals surface area (Å²) in [5.74, 6) is 1.78. The summed E-state index contributed by atoms with van der Waals surface area (Å²) >= 11 is 0. The van der Waals surface area contributed by atoms with Crippen LogP contribution in [0.15, 0.2) is 42.6 Å². The van der Waals surface area contributed by atoms with Crippen molar-refractivity contribution in [1.29, 1.82) is 5.26 Å². The summed E-state index contributed by atoms with van der Waals surface area (Å²) in [5.41, 5.74) is 2.80. The lowest BCUT2D eigenvalue weighted by atomic mass is 9.99. The fourth-order valence-corrected chi connectivity index (χ4v) is 4.37. The molecule has 0 saturated carbocycles. The summed E-state index contributed by atoms with van der Waals surface area (Å²) in [7, 11) is 0. The molecule has 1 aromatic carbocycles. The van der Waals surface area contributed by atoms with Gasteiger partial charge < -0.3 is 19.4 Å². The van der Waals surface area contributed by atoms with Crippen LogP contribution in [0.25, 0.3) is 0 Å². The van der Waals surface area contributed by atoms with Gasteiger partial charge in [0.25, 0.3) is 0 Å². The van der Waals surface area contributed by atoms with Crippen LogP contribution in [-0.4, -0.2) is 62.6 Å². The number of ether oxygens (including phenoxy) is 2. The molecular weight excluding hydrogens is 468 g/mol. The van der Waals surface area contributed by atoms with Gasteiger partial charge in [-0.1, -0.05) is 12.1 Å². The van der Waals surface area contributed by atoms with Crippen LogP contribution in [0.1, 0.15) is 55.2 Å². The lowest BCUT2D eigenvalue weighted by Gasteiger charge is -2.39. The number of H-pyrrole nitrogens is 1. The molecule has 1 saturated heterocycles. The van der Waals surface area contributed by atoms with Gasteiger partial charge in [0.05, 0.1) is 17.3 Å². The van der Waals surface area contributed by atoms with E-state index in [4.69, 9.17) is 9.47 Å². The number of rotatable bonds is 6. The highest BCUT2D eigenvalue weighted by Gasteiger charge is 2.30. The van der Waals surface area contributed by atoms with Crippen LogP contribution in [0, 0.1) is 25.2 Å². The summed E-state index contributed by atoms with van der Waals surface area (Å²) in [6.07, 6.45) is 2.27. The first-order valence-corrected chi connectivity index (χ1v) is 12.5. The van der Waals surface area contributed by atoms with Crippen molar-refractivity contribution in [1.82, 2.24) is 24.8 Å². The number of amides is 1. The van der Waals surface area contributed by atoms with Crippen molar-refractivity contribution in [3.63, 3.8) is 0 Å². The minimum absolute atomic E-state index is 0.0138. The second-order valence-corrected chi connectivity index (χ2v) is 10.3. The predicted molar refractivity (Wildman–Crippen MR) is 139 cm³/mol. The molecule has 1 aliphatic rings. The molecule has 0 spiro atoms. The zero-order chi connectivity index (χ0) is 26.6. The second-order valence-electron chi connectivity index (χ2n) is 10.3. The molecule has 0 bridgehead atoms. The van der Waals surface area contributed by atoms with Crippen molar-refractivity contribution in [3.05, 3.63) is 70.9 Å². The topological polar surface area (TPSA) is 107 Å². The smallest absolute Gasteiger partial charge is 0.410 e. The number of aryl methyl sites for hydroxylation is 2.